The summed E-state index contributed by atoms with van der Waals surface area (Å²) in [7, 11) is 0. The summed E-state index contributed by atoms with van der Waals surface area (Å²) in [5.41, 5.74) is 0. The van der Waals surface area contributed by atoms with E-state index in [0.717, 1.165) is 32.1 Å². The van der Waals surface area contributed by atoms with Crippen LogP contribution in [0.2, 0.25) is 0 Å². The Morgan fingerprint density at radius 3 is 1.30 bits per heavy atom. The third kappa shape index (κ3) is 26.2. The average Bonchev–Trinajstić information content (AvgIpc) is 3.43. The van der Waals surface area contributed by atoms with Crippen LogP contribution >= 0.6 is 24.4 Å². The molecule has 1 rings (SSSR count). The molecule has 0 aromatic heterocycles. The van der Waals surface area contributed by atoms with Crippen molar-refractivity contribution in [3.63, 3.8) is 0 Å². The fraction of sp³-hybridized carbons (Fsp3) is 0.950. The van der Waals surface area contributed by atoms with E-state index in [2.05, 4.69) is 13.8 Å². The van der Waals surface area contributed by atoms with Crippen LogP contribution in [0.15, 0.2) is 0 Å². The summed E-state index contributed by atoms with van der Waals surface area (Å²) in [6, 6.07) is 0. The number of ether oxygens (including phenoxy) is 3. The van der Waals surface area contributed by atoms with Crippen LogP contribution in [0.3, 0.4) is 0 Å². The Hall–Kier alpha value is -0.340. The van der Waals surface area contributed by atoms with E-state index < -0.39 is 24.4 Å². The largest absolute Gasteiger partial charge is 0.484 e. The number of hydrogen-bond acceptors (Lipinski definition) is 7. The lowest BCUT2D eigenvalue weighted by Gasteiger charge is -2.26. The number of hydrogen-bond donors (Lipinski definition) is 2. The highest BCUT2D eigenvalue weighted by atomic mass is 32.1. The van der Waals surface area contributed by atoms with Gasteiger partial charge < -0.3 is 24.4 Å². The lowest BCUT2D eigenvalue weighted by Crippen LogP contribution is -2.43. The van der Waals surface area contributed by atoms with Gasteiger partial charge in [0.05, 0.1) is 6.61 Å². The Morgan fingerprint density at radius 2 is 0.915 bits per heavy atom. The minimum Gasteiger partial charge on any atom is -0.484 e. The maximum atomic E-state index is 10.8. The minimum absolute atomic E-state index is 0.0421. The van der Waals surface area contributed by atoms with Crippen LogP contribution in [-0.2, 0) is 14.2 Å². The highest BCUT2D eigenvalue weighted by Crippen LogP contribution is 2.23. The lowest BCUT2D eigenvalue weighted by atomic mass is 10.0. The van der Waals surface area contributed by atoms with E-state index in [1.807, 2.05) is 0 Å². The molecule has 4 atom stereocenters. The molecule has 47 heavy (non-hydrogen) atoms. The van der Waals surface area contributed by atoms with Crippen molar-refractivity contribution in [3.8, 4) is 0 Å². The topological polar surface area (TPSA) is 68.2 Å². The van der Waals surface area contributed by atoms with Gasteiger partial charge in [0, 0.05) is 12.8 Å². The van der Waals surface area contributed by atoms with Gasteiger partial charge in [0.2, 0.25) is 0 Å². The zero-order valence-electron chi connectivity index (χ0n) is 30.9. The second-order valence-electron chi connectivity index (χ2n) is 14.3. The van der Waals surface area contributed by atoms with Gasteiger partial charge in [-0.15, -0.1) is 0 Å². The molecule has 1 fully saturated rings. The number of aliphatic hydroxyl groups excluding tert-OH is 2. The van der Waals surface area contributed by atoms with E-state index in [1.165, 1.54) is 154 Å². The molecule has 1 aliphatic heterocycles. The normalized spacial score (nSPS) is 18.4. The van der Waals surface area contributed by atoms with Crippen molar-refractivity contribution in [2.24, 2.45) is 0 Å². The fourth-order valence-corrected chi connectivity index (χ4v) is 7.05. The molecule has 0 radical (unpaired) electrons. The first-order chi connectivity index (χ1) is 23.0. The van der Waals surface area contributed by atoms with Crippen molar-refractivity contribution in [2.75, 3.05) is 13.2 Å². The van der Waals surface area contributed by atoms with Crippen molar-refractivity contribution in [3.05, 3.63) is 0 Å². The number of thiocarbonyl (C=S) groups is 2. The van der Waals surface area contributed by atoms with E-state index in [9.17, 15) is 10.2 Å². The van der Waals surface area contributed by atoms with Crippen molar-refractivity contribution in [1.82, 2.24) is 0 Å². The molecular formula is C40H76O5S2. The van der Waals surface area contributed by atoms with Gasteiger partial charge in [-0.2, -0.15) is 0 Å². The monoisotopic (exact) mass is 701 g/mol. The molecule has 1 saturated heterocycles. The van der Waals surface area contributed by atoms with Crippen LogP contribution in [0.1, 0.15) is 206 Å². The van der Waals surface area contributed by atoms with Gasteiger partial charge in [0.15, 0.2) is 16.2 Å². The minimum atomic E-state index is -0.935. The van der Waals surface area contributed by atoms with E-state index >= 15 is 0 Å². The Bertz CT molecular complexity index is 721. The SMILES string of the molecule is CCCCCCCCCCCCCCCCC(=S)OC[C@@H](O)[C@H]1OC[C@H](O)[C@H]1OC(=S)CCCCCCCCCCCCCCCC. The van der Waals surface area contributed by atoms with Crippen LogP contribution in [0.25, 0.3) is 0 Å². The molecule has 1 heterocycles. The second-order valence-corrected chi connectivity index (χ2v) is 15.2. The second kappa shape index (κ2) is 32.8. The summed E-state index contributed by atoms with van der Waals surface area (Å²) < 4.78 is 17.3. The van der Waals surface area contributed by atoms with Crippen molar-refractivity contribution in [1.29, 1.82) is 0 Å². The predicted octanol–water partition coefficient (Wildman–Crippen LogP) is 11.9. The summed E-state index contributed by atoms with van der Waals surface area (Å²) >= 11 is 10.9. The maximum absolute atomic E-state index is 10.8. The molecule has 0 aromatic rings. The number of rotatable bonds is 34. The van der Waals surface area contributed by atoms with Crippen LogP contribution in [0.5, 0.6) is 0 Å². The summed E-state index contributed by atoms with van der Waals surface area (Å²) in [6.45, 7) is 4.71. The van der Waals surface area contributed by atoms with E-state index in [1.54, 1.807) is 0 Å². The zero-order chi connectivity index (χ0) is 34.2. The van der Waals surface area contributed by atoms with Crippen LogP contribution in [0.4, 0.5) is 0 Å². The van der Waals surface area contributed by atoms with Gasteiger partial charge in [-0.3, -0.25) is 0 Å². The lowest BCUT2D eigenvalue weighted by molar-refractivity contribution is -0.0620. The summed E-state index contributed by atoms with van der Waals surface area (Å²) in [5, 5.41) is 22.2. The highest BCUT2D eigenvalue weighted by molar-refractivity contribution is 7.80. The molecular weight excluding hydrogens is 625 g/mol. The van der Waals surface area contributed by atoms with Crippen LogP contribution < -0.4 is 0 Å². The molecule has 0 saturated carbocycles. The molecule has 0 aromatic carbocycles. The molecule has 0 unspecified atom stereocenters. The highest BCUT2D eigenvalue weighted by Gasteiger charge is 2.43. The summed E-state index contributed by atoms with van der Waals surface area (Å²) in [4.78, 5) is 0. The van der Waals surface area contributed by atoms with Gasteiger partial charge in [0.25, 0.3) is 0 Å². The van der Waals surface area contributed by atoms with Gasteiger partial charge >= 0.3 is 0 Å². The first-order valence-corrected chi connectivity index (χ1v) is 21.1. The van der Waals surface area contributed by atoms with Gasteiger partial charge in [-0.25, -0.2) is 0 Å². The Morgan fingerprint density at radius 1 is 0.574 bits per heavy atom. The average molecular weight is 701 g/mol. The third-order valence-corrected chi connectivity index (χ3v) is 10.3. The van der Waals surface area contributed by atoms with E-state index in [4.69, 9.17) is 38.6 Å². The Labute approximate surface area is 302 Å². The van der Waals surface area contributed by atoms with Gasteiger partial charge in [-0.1, -0.05) is 181 Å². The summed E-state index contributed by atoms with van der Waals surface area (Å²) in [6.07, 6.45) is 35.3. The molecule has 7 heteroatoms. The number of unbranched alkanes of at least 4 members (excludes halogenated alkanes) is 26. The third-order valence-electron chi connectivity index (χ3n) is 9.69. The van der Waals surface area contributed by atoms with E-state index in [0.29, 0.717) is 16.5 Å². The molecule has 2 N–H and O–H groups in total. The van der Waals surface area contributed by atoms with Crippen LogP contribution in [0, 0.1) is 0 Å². The molecule has 0 bridgehead atoms. The first-order valence-electron chi connectivity index (χ1n) is 20.3. The zero-order valence-corrected chi connectivity index (χ0v) is 32.5. The maximum Gasteiger partial charge on any atom is 0.160 e. The van der Waals surface area contributed by atoms with Crippen molar-refractivity contribution in [2.45, 2.75) is 231 Å². The molecule has 0 spiro atoms. The van der Waals surface area contributed by atoms with Gasteiger partial charge in [0.1, 0.15) is 24.9 Å². The van der Waals surface area contributed by atoms with Crippen molar-refractivity contribution >= 4 is 34.5 Å². The quantitative estimate of drug-likeness (QED) is 0.0511. The van der Waals surface area contributed by atoms with Crippen LogP contribution in [-0.4, -0.2) is 57.9 Å². The van der Waals surface area contributed by atoms with Gasteiger partial charge in [-0.05, 0) is 37.3 Å². The standard InChI is InChI=1S/C40H76O5S2/c1-3-5-7-9-11-13-15-17-19-21-23-25-27-29-31-37(46)43-33-35(41)39-40(36(42)34-44-39)45-38(47)32-30-28-26-24-22-20-18-16-14-12-10-8-6-4-2/h35-36,39-42H,3-34H2,1-2H3/t35-,36+,39-,40-/m1/s1. The molecule has 1 aliphatic rings. The molecule has 0 amide bonds. The number of aliphatic hydroxyl groups is 2. The first kappa shape index (κ1) is 44.7. The molecule has 0 aliphatic carbocycles. The summed E-state index contributed by atoms with van der Waals surface area (Å²) in [5.74, 6) is 0. The molecule has 5 nitrogen and oxygen atoms in total. The predicted molar refractivity (Wildman–Crippen MR) is 208 cm³/mol. The Balaban J connectivity index is 2.03. The Kier molecular flexibility index (Phi) is 31.2. The smallest absolute Gasteiger partial charge is 0.160 e. The van der Waals surface area contributed by atoms with Crippen molar-refractivity contribution < 1.29 is 24.4 Å². The molecule has 278 valence electrons. The fourth-order valence-electron chi connectivity index (χ4n) is 6.58. The van der Waals surface area contributed by atoms with E-state index in [-0.39, 0.29) is 13.2 Å².